The zero-order valence-electron chi connectivity index (χ0n) is 8.54. The van der Waals surface area contributed by atoms with Crippen LogP contribution in [0.3, 0.4) is 0 Å². The van der Waals surface area contributed by atoms with Gasteiger partial charge in [-0.15, -0.1) is 0 Å². The molecule has 0 spiro atoms. The molecular formula is C10H10ClFN4. The van der Waals surface area contributed by atoms with Crippen molar-refractivity contribution in [2.75, 3.05) is 11.5 Å². The summed E-state index contributed by atoms with van der Waals surface area (Å²) in [5, 5.41) is 3.93. The van der Waals surface area contributed by atoms with Gasteiger partial charge in [0, 0.05) is 6.20 Å². The van der Waals surface area contributed by atoms with Gasteiger partial charge in [-0.1, -0.05) is 11.6 Å². The highest BCUT2D eigenvalue weighted by molar-refractivity contribution is 6.33. The van der Waals surface area contributed by atoms with Crippen molar-refractivity contribution in [3.05, 3.63) is 34.9 Å². The largest absolute Gasteiger partial charge is 0.397 e. The molecule has 0 amide bonds. The number of halogens is 2. The van der Waals surface area contributed by atoms with Crippen LogP contribution in [0.15, 0.2) is 18.3 Å². The average Bonchev–Trinajstić information content (AvgIpc) is 2.61. The minimum Gasteiger partial charge on any atom is -0.397 e. The van der Waals surface area contributed by atoms with Crippen molar-refractivity contribution in [2.45, 2.75) is 6.92 Å². The number of hydrogen-bond acceptors (Lipinski definition) is 3. The number of anilines is 2. The summed E-state index contributed by atoms with van der Waals surface area (Å²) in [5.74, 6) is -0.665. The SMILES string of the molecule is Cc1ccn(-c2c(N)cc(N)c(Cl)c2F)n1. The molecule has 0 atom stereocenters. The Labute approximate surface area is 96.6 Å². The molecule has 0 aliphatic rings. The molecule has 4 nitrogen and oxygen atoms in total. The molecule has 0 bridgehead atoms. The van der Waals surface area contributed by atoms with Crippen LogP contribution in [0, 0.1) is 12.7 Å². The molecule has 0 saturated carbocycles. The first-order valence-corrected chi connectivity index (χ1v) is 4.94. The van der Waals surface area contributed by atoms with E-state index in [1.165, 1.54) is 10.7 Å². The van der Waals surface area contributed by atoms with E-state index >= 15 is 0 Å². The van der Waals surface area contributed by atoms with Crippen LogP contribution in [0.4, 0.5) is 15.8 Å². The molecule has 2 rings (SSSR count). The van der Waals surface area contributed by atoms with E-state index < -0.39 is 5.82 Å². The molecule has 0 fully saturated rings. The quantitative estimate of drug-likeness (QED) is 0.751. The van der Waals surface area contributed by atoms with E-state index in [-0.39, 0.29) is 22.1 Å². The molecule has 1 heterocycles. The molecule has 0 aliphatic carbocycles. The Kier molecular flexibility index (Phi) is 2.47. The molecular weight excluding hydrogens is 231 g/mol. The standard InChI is InChI=1S/C10H10ClFN4/c1-5-2-3-16(15-5)10-7(14)4-6(13)8(11)9(10)12/h2-4H,13-14H2,1H3. The van der Waals surface area contributed by atoms with Gasteiger partial charge in [0.2, 0.25) is 0 Å². The average molecular weight is 241 g/mol. The van der Waals surface area contributed by atoms with Gasteiger partial charge in [0.1, 0.15) is 10.7 Å². The third-order valence-electron chi connectivity index (χ3n) is 2.19. The number of rotatable bonds is 1. The molecule has 16 heavy (non-hydrogen) atoms. The first kappa shape index (κ1) is 10.8. The molecule has 0 aliphatic heterocycles. The van der Waals surface area contributed by atoms with Crippen molar-refractivity contribution in [3.63, 3.8) is 0 Å². The Balaban J connectivity index is 2.70. The second-order valence-electron chi connectivity index (χ2n) is 3.43. The van der Waals surface area contributed by atoms with E-state index in [4.69, 9.17) is 23.1 Å². The van der Waals surface area contributed by atoms with Crippen LogP contribution in [0.5, 0.6) is 0 Å². The Morgan fingerprint density at radius 2 is 2.06 bits per heavy atom. The Morgan fingerprint density at radius 1 is 1.38 bits per heavy atom. The van der Waals surface area contributed by atoms with Crippen molar-refractivity contribution >= 4 is 23.0 Å². The molecule has 1 aromatic carbocycles. The maximum absolute atomic E-state index is 13.9. The van der Waals surface area contributed by atoms with E-state index in [9.17, 15) is 4.39 Å². The van der Waals surface area contributed by atoms with Gasteiger partial charge in [0.05, 0.1) is 17.1 Å². The minimum absolute atomic E-state index is 0.115. The van der Waals surface area contributed by atoms with Crippen LogP contribution in [-0.4, -0.2) is 9.78 Å². The Bertz CT molecular complexity index is 550. The molecule has 0 unspecified atom stereocenters. The van der Waals surface area contributed by atoms with Crippen molar-refractivity contribution in [3.8, 4) is 5.69 Å². The van der Waals surface area contributed by atoms with Gasteiger partial charge in [0.15, 0.2) is 5.82 Å². The highest BCUT2D eigenvalue weighted by Gasteiger charge is 2.16. The van der Waals surface area contributed by atoms with Crippen LogP contribution >= 0.6 is 11.6 Å². The number of aromatic nitrogens is 2. The highest BCUT2D eigenvalue weighted by atomic mass is 35.5. The second kappa shape index (κ2) is 3.68. The molecule has 2 aromatic rings. The molecule has 0 saturated heterocycles. The maximum atomic E-state index is 13.9. The van der Waals surface area contributed by atoms with E-state index in [0.717, 1.165) is 5.69 Å². The second-order valence-corrected chi connectivity index (χ2v) is 3.81. The number of nitrogens with zero attached hydrogens (tertiary/aromatic N) is 2. The number of nitrogens with two attached hydrogens (primary N) is 2. The predicted octanol–water partition coefficient (Wildman–Crippen LogP) is 2.14. The fourth-order valence-electron chi connectivity index (χ4n) is 1.43. The predicted molar refractivity (Wildman–Crippen MR) is 62.1 cm³/mol. The summed E-state index contributed by atoms with van der Waals surface area (Å²) in [7, 11) is 0. The third-order valence-corrected chi connectivity index (χ3v) is 2.57. The fourth-order valence-corrected chi connectivity index (χ4v) is 1.57. The van der Waals surface area contributed by atoms with Crippen molar-refractivity contribution < 1.29 is 4.39 Å². The molecule has 6 heteroatoms. The summed E-state index contributed by atoms with van der Waals surface area (Å²) in [6, 6.07) is 3.15. The van der Waals surface area contributed by atoms with E-state index in [1.54, 1.807) is 19.2 Å². The van der Waals surface area contributed by atoms with Gasteiger partial charge in [-0.05, 0) is 19.1 Å². The number of hydrogen-bond donors (Lipinski definition) is 2. The van der Waals surface area contributed by atoms with Crippen LogP contribution < -0.4 is 11.5 Å². The number of nitrogen functional groups attached to an aromatic ring is 2. The smallest absolute Gasteiger partial charge is 0.171 e. The first-order valence-electron chi connectivity index (χ1n) is 4.56. The van der Waals surface area contributed by atoms with Gasteiger partial charge in [-0.25, -0.2) is 9.07 Å². The number of benzene rings is 1. The van der Waals surface area contributed by atoms with Crippen molar-refractivity contribution in [1.29, 1.82) is 0 Å². The van der Waals surface area contributed by atoms with E-state index in [1.807, 2.05) is 0 Å². The van der Waals surface area contributed by atoms with Gasteiger partial charge in [0.25, 0.3) is 0 Å². The fraction of sp³-hybridized carbons (Fsp3) is 0.100. The van der Waals surface area contributed by atoms with Crippen LogP contribution in [0.2, 0.25) is 5.02 Å². The first-order chi connectivity index (χ1) is 7.50. The monoisotopic (exact) mass is 240 g/mol. The molecule has 1 aromatic heterocycles. The van der Waals surface area contributed by atoms with Gasteiger partial charge in [-0.2, -0.15) is 5.10 Å². The summed E-state index contributed by atoms with van der Waals surface area (Å²) in [5.41, 5.74) is 12.4. The zero-order valence-corrected chi connectivity index (χ0v) is 9.29. The Hall–Kier alpha value is -1.75. The lowest BCUT2D eigenvalue weighted by Gasteiger charge is -2.10. The van der Waals surface area contributed by atoms with Crippen molar-refractivity contribution in [1.82, 2.24) is 9.78 Å². The normalized spacial score (nSPS) is 10.7. The maximum Gasteiger partial charge on any atom is 0.171 e. The zero-order chi connectivity index (χ0) is 11.9. The highest BCUT2D eigenvalue weighted by Crippen LogP contribution is 2.32. The van der Waals surface area contributed by atoms with E-state index in [0.29, 0.717) is 0 Å². The summed E-state index contributed by atoms with van der Waals surface area (Å²) >= 11 is 5.71. The summed E-state index contributed by atoms with van der Waals surface area (Å²) < 4.78 is 15.2. The van der Waals surface area contributed by atoms with Crippen LogP contribution in [-0.2, 0) is 0 Å². The Morgan fingerprint density at radius 3 is 2.62 bits per heavy atom. The molecule has 0 radical (unpaired) electrons. The van der Waals surface area contributed by atoms with Crippen LogP contribution in [0.25, 0.3) is 5.69 Å². The molecule has 4 N–H and O–H groups in total. The minimum atomic E-state index is -0.665. The topological polar surface area (TPSA) is 69.9 Å². The van der Waals surface area contributed by atoms with Gasteiger partial charge in [-0.3, -0.25) is 0 Å². The molecule has 84 valence electrons. The van der Waals surface area contributed by atoms with E-state index in [2.05, 4.69) is 5.10 Å². The summed E-state index contributed by atoms with van der Waals surface area (Å²) in [6.45, 7) is 1.80. The van der Waals surface area contributed by atoms with Crippen LogP contribution in [0.1, 0.15) is 5.69 Å². The van der Waals surface area contributed by atoms with Gasteiger partial charge < -0.3 is 11.5 Å². The number of aryl methyl sites for hydroxylation is 1. The van der Waals surface area contributed by atoms with Gasteiger partial charge >= 0.3 is 0 Å². The summed E-state index contributed by atoms with van der Waals surface area (Å²) in [4.78, 5) is 0. The lowest BCUT2D eigenvalue weighted by Crippen LogP contribution is -2.06. The third kappa shape index (κ3) is 1.59. The van der Waals surface area contributed by atoms with Crippen molar-refractivity contribution in [2.24, 2.45) is 0 Å². The summed E-state index contributed by atoms with van der Waals surface area (Å²) in [6.07, 6.45) is 1.61. The lowest BCUT2D eigenvalue weighted by molar-refractivity contribution is 0.612. The lowest BCUT2D eigenvalue weighted by atomic mass is 10.2.